The Balaban J connectivity index is 1.73. The topological polar surface area (TPSA) is 82.1 Å². The van der Waals surface area contributed by atoms with Crippen LogP contribution in [0.15, 0.2) is 47.9 Å². The zero-order valence-corrected chi connectivity index (χ0v) is 15.7. The molecule has 1 saturated heterocycles. The summed E-state index contributed by atoms with van der Waals surface area (Å²) in [5.41, 5.74) is 9.66. The van der Waals surface area contributed by atoms with Crippen molar-refractivity contribution in [3.63, 3.8) is 0 Å². The Labute approximate surface area is 159 Å². The van der Waals surface area contributed by atoms with Gasteiger partial charge in [0.05, 0.1) is 0 Å². The van der Waals surface area contributed by atoms with Gasteiger partial charge in [-0.2, -0.15) is 0 Å². The minimum absolute atomic E-state index is 0.265. The molecule has 0 unspecified atom stereocenters. The van der Waals surface area contributed by atoms with Gasteiger partial charge in [0.1, 0.15) is 11.5 Å². The maximum atomic E-state index is 13.2. The van der Waals surface area contributed by atoms with Crippen LogP contribution in [0.2, 0.25) is 0 Å². The highest BCUT2D eigenvalue weighted by Crippen LogP contribution is 2.27. The van der Waals surface area contributed by atoms with Crippen molar-refractivity contribution in [2.75, 3.05) is 37.6 Å². The van der Waals surface area contributed by atoms with Crippen molar-refractivity contribution in [1.82, 2.24) is 14.9 Å². The standard InChI is InChI=1S/C20H25FN6/c1-14(22)18(15(2)23)13-26-9-11-27(12-10-26)20-19(24-7-8-25-20)16-3-5-17(21)6-4-16/h3-8,22H,9-13,23H2,1-2H3. The summed E-state index contributed by atoms with van der Waals surface area (Å²) in [5.74, 6) is 0.552. The molecule has 1 aliphatic rings. The highest BCUT2D eigenvalue weighted by Gasteiger charge is 2.22. The van der Waals surface area contributed by atoms with E-state index >= 15 is 0 Å². The molecule has 0 atom stereocenters. The Bertz CT molecular complexity index is 834. The molecule has 0 spiro atoms. The number of nitrogens with two attached hydrogens (primary N) is 1. The lowest BCUT2D eigenvalue weighted by Gasteiger charge is -2.36. The van der Waals surface area contributed by atoms with Crippen molar-refractivity contribution in [3.05, 3.63) is 53.7 Å². The van der Waals surface area contributed by atoms with Crippen molar-refractivity contribution < 1.29 is 4.39 Å². The number of rotatable bonds is 5. The summed E-state index contributed by atoms with van der Waals surface area (Å²) >= 11 is 0. The van der Waals surface area contributed by atoms with E-state index in [4.69, 9.17) is 11.1 Å². The van der Waals surface area contributed by atoms with E-state index in [0.29, 0.717) is 18.0 Å². The van der Waals surface area contributed by atoms with E-state index < -0.39 is 0 Å². The van der Waals surface area contributed by atoms with Crippen molar-refractivity contribution in [1.29, 1.82) is 5.41 Å². The van der Waals surface area contributed by atoms with Crippen LogP contribution < -0.4 is 10.6 Å². The summed E-state index contributed by atoms with van der Waals surface area (Å²) in [6.45, 7) is 7.63. The summed E-state index contributed by atoms with van der Waals surface area (Å²) < 4.78 is 13.2. The van der Waals surface area contributed by atoms with Gasteiger partial charge in [0.15, 0.2) is 5.82 Å². The lowest BCUT2D eigenvalue weighted by molar-refractivity contribution is 0.280. The molecule has 0 radical (unpaired) electrons. The molecule has 27 heavy (non-hydrogen) atoms. The van der Waals surface area contributed by atoms with Gasteiger partial charge in [-0.25, -0.2) is 9.37 Å². The summed E-state index contributed by atoms with van der Waals surface area (Å²) in [7, 11) is 0. The van der Waals surface area contributed by atoms with E-state index in [-0.39, 0.29) is 5.82 Å². The van der Waals surface area contributed by atoms with Crippen LogP contribution in [0.3, 0.4) is 0 Å². The molecular formula is C20H25FN6. The van der Waals surface area contributed by atoms with E-state index in [2.05, 4.69) is 19.8 Å². The molecule has 0 aliphatic carbocycles. The zero-order valence-electron chi connectivity index (χ0n) is 15.7. The molecule has 3 rings (SSSR count). The monoisotopic (exact) mass is 368 g/mol. The van der Waals surface area contributed by atoms with Gasteiger partial charge >= 0.3 is 0 Å². The predicted octanol–water partition coefficient (Wildman–Crippen LogP) is 2.68. The van der Waals surface area contributed by atoms with Crippen LogP contribution in [0, 0.1) is 11.2 Å². The molecule has 0 amide bonds. The van der Waals surface area contributed by atoms with E-state index in [1.165, 1.54) is 12.1 Å². The quantitative estimate of drug-likeness (QED) is 0.793. The van der Waals surface area contributed by atoms with Crippen LogP contribution in [-0.4, -0.2) is 53.3 Å². The Morgan fingerprint density at radius 3 is 2.30 bits per heavy atom. The second-order valence-electron chi connectivity index (χ2n) is 6.79. The first kappa shape index (κ1) is 19.0. The van der Waals surface area contributed by atoms with Crippen LogP contribution in [0.1, 0.15) is 13.8 Å². The minimum Gasteiger partial charge on any atom is -0.402 e. The fourth-order valence-electron chi connectivity index (χ4n) is 3.25. The molecular weight excluding hydrogens is 343 g/mol. The largest absolute Gasteiger partial charge is 0.402 e. The van der Waals surface area contributed by atoms with Gasteiger partial charge in [-0.15, -0.1) is 0 Å². The Morgan fingerprint density at radius 2 is 1.70 bits per heavy atom. The molecule has 142 valence electrons. The lowest BCUT2D eigenvalue weighted by atomic mass is 10.1. The van der Waals surface area contributed by atoms with E-state index in [9.17, 15) is 4.39 Å². The Kier molecular flexibility index (Phi) is 5.81. The van der Waals surface area contributed by atoms with Gasteiger partial charge < -0.3 is 16.0 Å². The van der Waals surface area contributed by atoms with Crippen molar-refractivity contribution >= 4 is 11.5 Å². The number of nitrogens with one attached hydrogen (secondary N) is 1. The van der Waals surface area contributed by atoms with Gasteiger partial charge in [-0.3, -0.25) is 9.88 Å². The lowest BCUT2D eigenvalue weighted by Crippen LogP contribution is -2.47. The van der Waals surface area contributed by atoms with Crippen LogP contribution in [-0.2, 0) is 0 Å². The summed E-state index contributed by atoms with van der Waals surface area (Å²) in [4.78, 5) is 13.5. The van der Waals surface area contributed by atoms with Gasteiger partial charge in [-0.05, 0) is 38.1 Å². The normalized spacial score (nSPS) is 16.2. The van der Waals surface area contributed by atoms with Crippen molar-refractivity contribution in [2.24, 2.45) is 5.73 Å². The third-order valence-corrected chi connectivity index (χ3v) is 4.78. The van der Waals surface area contributed by atoms with Crippen LogP contribution in [0.4, 0.5) is 10.2 Å². The molecule has 2 heterocycles. The molecule has 1 fully saturated rings. The maximum absolute atomic E-state index is 13.2. The minimum atomic E-state index is -0.265. The molecule has 6 nitrogen and oxygen atoms in total. The van der Waals surface area contributed by atoms with E-state index in [1.54, 1.807) is 31.5 Å². The number of allylic oxidation sites excluding steroid dienone is 1. The second kappa shape index (κ2) is 8.26. The molecule has 2 aromatic rings. The second-order valence-corrected chi connectivity index (χ2v) is 6.79. The Hall–Kier alpha value is -2.80. The third-order valence-electron chi connectivity index (χ3n) is 4.78. The first-order chi connectivity index (χ1) is 13.0. The van der Waals surface area contributed by atoms with Crippen LogP contribution in [0.25, 0.3) is 11.3 Å². The number of benzene rings is 1. The summed E-state index contributed by atoms with van der Waals surface area (Å²) in [6, 6.07) is 6.34. The number of aromatic nitrogens is 2. The van der Waals surface area contributed by atoms with E-state index in [1.807, 2.05) is 6.92 Å². The van der Waals surface area contributed by atoms with Gasteiger partial charge in [0.25, 0.3) is 0 Å². The van der Waals surface area contributed by atoms with E-state index in [0.717, 1.165) is 48.8 Å². The average molecular weight is 368 g/mol. The highest BCUT2D eigenvalue weighted by atomic mass is 19.1. The first-order valence-electron chi connectivity index (χ1n) is 9.00. The number of halogens is 1. The van der Waals surface area contributed by atoms with Gasteiger partial charge in [-0.1, -0.05) is 0 Å². The average Bonchev–Trinajstić information content (AvgIpc) is 2.67. The van der Waals surface area contributed by atoms with Crippen LogP contribution >= 0.6 is 0 Å². The van der Waals surface area contributed by atoms with Crippen LogP contribution in [0.5, 0.6) is 0 Å². The number of piperazine rings is 1. The molecule has 3 N–H and O–H groups in total. The molecule has 1 aliphatic heterocycles. The molecule has 1 aromatic heterocycles. The fraction of sp³-hybridized carbons (Fsp3) is 0.350. The summed E-state index contributed by atoms with van der Waals surface area (Å²) in [5, 5.41) is 7.89. The smallest absolute Gasteiger partial charge is 0.155 e. The molecule has 7 heteroatoms. The number of hydrogen-bond acceptors (Lipinski definition) is 6. The Morgan fingerprint density at radius 1 is 1.07 bits per heavy atom. The number of nitrogens with zero attached hydrogens (tertiary/aromatic N) is 4. The molecule has 1 aromatic carbocycles. The fourth-order valence-corrected chi connectivity index (χ4v) is 3.25. The number of anilines is 1. The highest BCUT2D eigenvalue weighted by molar-refractivity contribution is 5.96. The molecule has 0 bridgehead atoms. The van der Waals surface area contributed by atoms with Gasteiger partial charge in [0.2, 0.25) is 0 Å². The third kappa shape index (κ3) is 4.49. The first-order valence-corrected chi connectivity index (χ1v) is 9.00. The van der Waals surface area contributed by atoms with Gasteiger partial charge in [0, 0.05) is 67.7 Å². The predicted molar refractivity (Wildman–Crippen MR) is 106 cm³/mol. The summed E-state index contributed by atoms with van der Waals surface area (Å²) in [6.07, 6.45) is 3.35. The SMILES string of the molecule is CC(=N)C(CN1CCN(c2nccnc2-c2ccc(F)cc2)CC1)=C(C)N. The maximum Gasteiger partial charge on any atom is 0.155 e. The van der Waals surface area contributed by atoms with Crippen molar-refractivity contribution in [2.45, 2.75) is 13.8 Å². The zero-order chi connectivity index (χ0) is 19.4. The molecule has 0 saturated carbocycles. The van der Waals surface area contributed by atoms with Crippen molar-refractivity contribution in [3.8, 4) is 11.3 Å². The number of hydrogen-bond donors (Lipinski definition) is 2.